The SMILES string of the molecule is CCC(N)c1ccc(/C=N/N)cc1. The summed E-state index contributed by atoms with van der Waals surface area (Å²) in [6, 6.07) is 8.06. The lowest BCUT2D eigenvalue weighted by atomic mass is 10.0. The smallest absolute Gasteiger partial charge is 0.0538 e. The Labute approximate surface area is 78.4 Å². The van der Waals surface area contributed by atoms with E-state index in [9.17, 15) is 0 Å². The van der Waals surface area contributed by atoms with Gasteiger partial charge < -0.3 is 11.6 Å². The van der Waals surface area contributed by atoms with E-state index in [1.54, 1.807) is 6.21 Å². The van der Waals surface area contributed by atoms with E-state index in [-0.39, 0.29) is 6.04 Å². The first-order valence-electron chi connectivity index (χ1n) is 4.36. The Morgan fingerprint density at radius 2 is 2.00 bits per heavy atom. The summed E-state index contributed by atoms with van der Waals surface area (Å²) in [6.07, 6.45) is 2.56. The number of nitrogens with two attached hydrogens (primary N) is 2. The molecule has 0 saturated heterocycles. The first-order chi connectivity index (χ1) is 6.27. The van der Waals surface area contributed by atoms with E-state index in [1.165, 1.54) is 0 Å². The zero-order valence-corrected chi connectivity index (χ0v) is 7.77. The number of benzene rings is 1. The third kappa shape index (κ3) is 2.56. The Morgan fingerprint density at radius 1 is 1.38 bits per heavy atom. The van der Waals surface area contributed by atoms with Crippen LogP contribution in [0.1, 0.15) is 30.5 Å². The molecule has 0 heterocycles. The van der Waals surface area contributed by atoms with Crippen LogP contribution >= 0.6 is 0 Å². The molecule has 0 aliphatic carbocycles. The molecule has 1 atom stereocenters. The van der Waals surface area contributed by atoms with E-state index in [4.69, 9.17) is 11.6 Å². The molecule has 0 saturated carbocycles. The van der Waals surface area contributed by atoms with Crippen LogP contribution in [-0.2, 0) is 0 Å². The molecule has 1 aromatic rings. The summed E-state index contributed by atoms with van der Waals surface area (Å²) in [4.78, 5) is 0. The van der Waals surface area contributed by atoms with E-state index in [1.807, 2.05) is 24.3 Å². The second-order valence-corrected chi connectivity index (χ2v) is 2.96. The molecular weight excluding hydrogens is 162 g/mol. The Kier molecular flexibility index (Phi) is 3.46. The molecule has 0 aliphatic rings. The zero-order valence-electron chi connectivity index (χ0n) is 7.77. The molecule has 0 spiro atoms. The van der Waals surface area contributed by atoms with Crippen LogP contribution in [0.25, 0.3) is 0 Å². The highest BCUT2D eigenvalue weighted by Gasteiger charge is 2.01. The van der Waals surface area contributed by atoms with E-state index in [0.29, 0.717) is 0 Å². The molecule has 1 rings (SSSR count). The molecule has 4 N–H and O–H groups in total. The van der Waals surface area contributed by atoms with Crippen molar-refractivity contribution in [1.29, 1.82) is 0 Å². The summed E-state index contributed by atoms with van der Waals surface area (Å²) in [7, 11) is 0. The average Bonchev–Trinajstić information content (AvgIpc) is 2.18. The summed E-state index contributed by atoms with van der Waals surface area (Å²) < 4.78 is 0. The van der Waals surface area contributed by atoms with Crippen molar-refractivity contribution in [1.82, 2.24) is 0 Å². The Hall–Kier alpha value is -1.35. The molecule has 1 unspecified atom stereocenters. The fourth-order valence-electron chi connectivity index (χ4n) is 1.15. The predicted molar refractivity (Wildman–Crippen MR) is 55.4 cm³/mol. The fraction of sp³-hybridized carbons (Fsp3) is 0.300. The van der Waals surface area contributed by atoms with Gasteiger partial charge >= 0.3 is 0 Å². The van der Waals surface area contributed by atoms with Gasteiger partial charge in [0.2, 0.25) is 0 Å². The third-order valence-electron chi connectivity index (χ3n) is 2.03. The average molecular weight is 177 g/mol. The van der Waals surface area contributed by atoms with E-state index in [2.05, 4.69) is 12.0 Å². The maximum absolute atomic E-state index is 5.86. The van der Waals surface area contributed by atoms with Crippen LogP contribution < -0.4 is 11.6 Å². The van der Waals surface area contributed by atoms with Crippen LogP contribution in [0.3, 0.4) is 0 Å². The lowest BCUT2D eigenvalue weighted by Gasteiger charge is -2.08. The summed E-state index contributed by atoms with van der Waals surface area (Å²) in [5.41, 5.74) is 8.00. The first-order valence-corrected chi connectivity index (χ1v) is 4.36. The molecule has 3 nitrogen and oxygen atoms in total. The van der Waals surface area contributed by atoms with Gasteiger partial charge in [-0.25, -0.2) is 0 Å². The molecule has 0 radical (unpaired) electrons. The summed E-state index contributed by atoms with van der Waals surface area (Å²) in [5, 5.41) is 3.44. The van der Waals surface area contributed by atoms with Gasteiger partial charge in [0, 0.05) is 6.04 Å². The van der Waals surface area contributed by atoms with E-state index >= 15 is 0 Å². The lowest BCUT2D eigenvalue weighted by molar-refractivity contribution is 0.699. The maximum atomic E-state index is 5.86. The van der Waals surface area contributed by atoms with Crippen LogP contribution in [0.5, 0.6) is 0 Å². The van der Waals surface area contributed by atoms with Crippen LogP contribution in [0, 0.1) is 0 Å². The molecule has 0 aromatic heterocycles. The standard InChI is InChI=1S/C10H15N3/c1-2-10(11)9-5-3-8(4-6-9)7-13-12/h3-7,10H,2,11-12H2,1H3/b13-7+. The van der Waals surface area contributed by atoms with Gasteiger partial charge in [0.05, 0.1) is 6.21 Å². The minimum absolute atomic E-state index is 0.129. The number of hydrogen-bond donors (Lipinski definition) is 2. The molecule has 70 valence electrons. The summed E-state index contributed by atoms with van der Waals surface area (Å²) >= 11 is 0. The number of nitrogens with zero attached hydrogens (tertiary/aromatic N) is 1. The van der Waals surface area contributed by atoms with Gasteiger partial charge in [-0.05, 0) is 17.5 Å². The van der Waals surface area contributed by atoms with Gasteiger partial charge in [0.1, 0.15) is 0 Å². The van der Waals surface area contributed by atoms with E-state index < -0.39 is 0 Å². The third-order valence-corrected chi connectivity index (χ3v) is 2.03. The van der Waals surface area contributed by atoms with E-state index in [0.717, 1.165) is 17.5 Å². The van der Waals surface area contributed by atoms with Gasteiger partial charge in [-0.15, -0.1) is 0 Å². The fourth-order valence-corrected chi connectivity index (χ4v) is 1.15. The number of hydrazone groups is 1. The molecule has 3 heteroatoms. The highest BCUT2D eigenvalue weighted by Crippen LogP contribution is 2.13. The van der Waals surface area contributed by atoms with Gasteiger partial charge in [-0.1, -0.05) is 31.2 Å². The summed E-state index contributed by atoms with van der Waals surface area (Å²) in [6.45, 7) is 2.07. The lowest BCUT2D eigenvalue weighted by Crippen LogP contribution is -2.08. The first kappa shape index (κ1) is 9.74. The minimum Gasteiger partial charge on any atom is -0.324 e. The molecule has 0 aliphatic heterocycles. The Balaban J connectivity index is 2.80. The maximum Gasteiger partial charge on any atom is 0.0538 e. The van der Waals surface area contributed by atoms with Crippen molar-refractivity contribution in [2.24, 2.45) is 16.7 Å². The zero-order chi connectivity index (χ0) is 9.68. The highest BCUT2D eigenvalue weighted by atomic mass is 15.1. The van der Waals surface area contributed by atoms with Crippen molar-refractivity contribution >= 4 is 6.21 Å². The van der Waals surface area contributed by atoms with Crippen molar-refractivity contribution in [3.8, 4) is 0 Å². The van der Waals surface area contributed by atoms with Crippen molar-refractivity contribution in [3.05, 3.63) is 35.4 Å². The van der Waals surface area contributed by atoms with Gasteiger partial charge in [-0.3, -0.25) is 0 Å². The molecule has 0 amide bonds. The quantitative estimate of drug-likeness (QED) is 0.416. The second kappa shape index (κ2) is 4.62. The van der Waals surface area contributed by atoms with Crippen molar-refractivity contribution < 1.29 is 0 Å². The minimum atomic E-state index is 0.129. The van der Waals surface area contributed by atoms with Gasteiger partial charge in [-0.2, -0.15) is 5.10 Å². The normalized spacial score (nSPS) is 13.4. The Morgan fingerprint density at radius 3 is 2.46 bits per heavy atom. The van der Waals surface area contributed by atoms with Crippen LogP contribution in [0.2, 0.25) is 0 Å². The highest BCUT2D eigenvalue weighted by molar-refractivity contribution is 5.79. The van der Waals surface area contributed by atoms with Crippen LogP contribution in [0.4, 0.5) is 0 Å². The largest absolute Gasteiger partial charge is 0.324 e. The predicted octanol–water partition coefficient (Wildman–Crippen LogP) is 1.39. The molecule has 1 aromatic carbocycles. The number of hydrogen-bond acceptors (Lipinski definition) is 3. The van der Waals surface area contributed by atoms with Crippen molar-refractivity contribution in [2.45, 2.75) is 19.4 Å². The van der Waals surface area contributed by atoms with Gasteiger partial charge in [0.15, 0.2) is 0 Å². The summed E-state index contributed by atoms with van der Waals surface area (Å²) in [5.74, 6) is 5.03. The molecule has 13 heavy (non-hydrogen) atoms. The monoisotopic (exact) mass is 177 g/mol. The molecule has 0 bridgehead atoms. The topological polar surface area (TPSA) is 64.4 Å². The Bertz CT molecular complexity index is 277. The molecule has 0 fully saturated rings. The number of rotatable bonds is 3. The van der Waals surface area contributed by atoms with Crippen molar-refractivity contribution in [3.63, 3.8) is 0 Å². The van der Waals surface area contributed by atoms with Crippen molar-refractivity contribution in [2.75, 3.05) is 0 Å². The molecular formula is C10H15N3. The van der Waals surface area contributed by atoms with Crippen LogP contribution in [0.15, 0.2) is 29.4 Å². The van der Waals surface area contributed by atoms with Crippen LogP contribution in [-0.4, -0.2) is 6.21 Å². The van der Waals surface area contributed by atoms with Gasteiger partial charge in [0.25, 0.3) is 0 Å². The second-order valence-electron chi connectivity index (χ2n) is 2.96.